The highest BCUT2D eigenvalue weighted by Gasteiger charge is 2.41. The monoisotopic (exact) mass is 296 g/mol. The number of rotatable bonds is 2. The zero-order valence-corrected chi connectivity index (χ0v) is 12.8. The van der Waals surface area contributed by atoms with Crippen LogP contribution in [0.3, 0.4) is 0 Å². The first-order valence-electron chi connectivity index (χ1n) is 6.82. The summed E-state index contributed by atoms with van der Waals surface area (Å²) in [6.45, 7) is 2.02. The minimum absolute atomic E-state index is 0.00227. The zero-order chi connectivity index (χ0) is 15.0. The van der Waals surface area contributed by atoms with Gasteiger partial charge >= 0.3 is 0 Å². The number of anilines is 1. The third-order valence-electron chi connectivity index (χ3n) is 3.74. The molecule has 1 heterocycles. The van der Waals surface area contributed by atoms with Crippen molar-refractivity contribution in [3.8, 4) is 0 Å². The van der Waals surface area contributed by atoms with Gasteiger partial charge in [0.2, 0.25) is 0 Å². The lowest BCUT2D eigenvalue weighted by Crippen LogP contribution is -2.31. The van der Waals surface area contributed by atoms with Gasteiger partial charge in [-0.3, -0.25) is 9.69 Å². The first-order valence-corrected chi connectivity index (χ1v) is 7.23. The molecule has 1 fully saturated rings. The summed E-state index contributed by atoms with van der Waals surface area (Å²) in [5.41, 5.74) is 2.94. The van der Waals surface area contributed by atoms with Crippen LogP contribution in [-0.4, -0.2) is 23.0 Å². The second-order valence-corrected chi connectivity index (χ2v) is 5.58. The SMILES string of the molecule is Cc1ccc(N2C(=O)C(c3ccccc3)N(C)C2=S)cc1. The molecule has 0 bridgehead atoms. The second kappa shape index (κ2) is 5.30. The van der Waals surface area contributed by atoms with E-state index in [0.29, 0.717) is 5.11 Å². The Morgan fingerprint density at radius 2 is 1.62 bits per heavy atom. The van der Waals surface area contributed by atoms with Crippen LogP contribution >= 0.6 is 12.2 Å². The highest BCUT2D eigenvalue weighted by molar-refractivity contribution is 7.80. The Hall–Kier alpha value is -2.20. The van der Waals surface area contributed by atoms with Crippen LogP contribution in [0.5, 0.6) is 0 Å². The van der Waals surface area contributed by atoms with E-state index in [9.17, 15) is 4.79 Å². The molecule has 1 aliphatic heterocycles. The van der Waals surface area contributed by atoms with E-state index in [4.69, 9.17) is 12.2 Å². The molecule has 0 aromatic heterocycles. The highest BCUT2D eigenvalue weighted by atomic mass is 32.1. The molecule has 0 radical (unpaired) electrons. The summed E-state index contributed by atoms with van der Waals surface area (Å²) in [7, 11) is 1.87. The molecular formula is C17H16N2OS. The van der Waals surface area contributed by atoms with Crippen molar-refractivity contribution >= 4 is 28.9 Å². The molecule has 3 rings (SSSR count). The maximum Gasteiger partial charge on any atom is 0.260 e. The summed E-state index contributed by atoms with van der Waals surface area (Å²) in [6.07, 6.45) is 0. The number of hydrogen-bond donors (Lipinski definition) is 0. The molecule has 2 aromatic rings. The van der Waals surface area contributed by atoms with E-state index in [1.54, 1.807) is 4.90 Å². The highest BCUT2D eigenvalue weighted by Crippen LogP contribution is 2.33. The molecule has 21 heavy (non-hydrogen) atoms. The van der Waals surface area contributed by atoms with E-state index in [1.165, 1.54) is 0 Å². The molecule has 3 nitrogen and oxygen atoms in total. The van der Waals surface area contributed by atoms with Gasteiger partial charge in [-0.15, -0.1) is 0 Å². The Morgan fingerprint density at radius 1 is 1.00 bits per heavy atom. The molecule has 1 atom stereocenters. The largest absolute Gasteiger partial charge is 0.336 e. The minimum atomic E-state index is -0.347. The van der Waals surface area contributed by atoms with Crippen LogP contribution in [0.1, 0.15) is 17.2 Å². The van der Waals surface area contributed by atoms with Crippen molar-refractivity contribution in [3.63, 3.8) is 0 Å². The topological polar surface area (TPSA) is 23.6 Å². The average Bonchev–Trinajstić information content (AvgIpc) is 2.72. The molecule has 1 aliphatic rings. The molecule has 0 aliphatic carbocycles. The van der Waals surface area contributed by atoms with Crippen molar-refractivity contribution in [2.24, 2.45) is 0 Å². The van der Waals surface area contributed by atoms with Crippen LogP contribution in [0.15, 0.2) is 54.6 Å². The summed E-state index contributed by atoms with van der Waals surface area (Å²) in [5, 5.41) is 0.540. The molecule has 1 unspecified atom stereocenters. The number of carbonyl (C=O) groups excluding carboxylic acids is 1. The fraction of sp³-hybridized carbons (Fsp3) is 0.176. The normalized spacial score (nSPS) is 18.5. The number of carbonyl (C=O) groups is 1. The maximum atomic E-state index is 12.8. The van der Waals surface area contributed by atoms with Crippen molar-refractivity contribution in [1.29, 1.82) is 0 Å². The summed E-state index contributed by atoms with van der Waals surface area (Å²) in [5.74, 6) is -0.00227. The maximum absolute atomic E-state index is 12.8. The number of hydrogen-bond acceptors (Lipinski definition) is 2. The van der Waals surface area contributed by atoms with Gasteiger partial charge in [0.1, 0.15) is 6.04 Å². The van der Waals surface area contributed by atoms with E-state index in [-0.39, 0.29) is 11.9 Å². The van der Waals surface area contributed by atoms with Crippen molar-refractivity contribution in [3.05, 3.63) is 65.7 Å². The lowest BCUT2D eigenvalue weighted by Gasteiger charge is -2.18. The van der Waals surface area contributed by atoms with Gasteiger partial charge in [-0.25, -0.2) is 0 Å². The van der Waals surface area contributed by atoms with Gasteiger partial charge in [0.15, 0.2) is 5.11 Å². The number of thiocarbonyl (C=S) groups is 1. The average molecular weight is 296 g/mol. The van der Waals surface area contributed by atoms with Crippen molar-refractivity contribution < 1.29 is 4.79 Å². The van der Waals surface area contributed by atoms with Crippen molar-refractivity contribution in [2.45, 2.75) is 13.0 Å². The Kier molecular flexibility index (Phi) is 3.47. The third-order valence-corrected chi connectivity index (χ3v) is 4.21. The Labute approximate surface area is 129 Å². The van der Waals surface area contributed by atoms with Gasteiger partial charge < -0.3 is 4.90 Å². The Balaban J connectivity index is 1.99. The van der Waals surface area contributed by atoms with Gasteiger partial charge in [-0.2, -0.15) is 0 Å². The predicted molar refractivity (Wildman–Crippen MR) is 88.2 cm³/mol. The zero-order valence-electron chi connectivity index (χ0n) is 12.0. The van der Waals surface area contributed by atoms with Crippen molar-refractivity contribution in [2.75, 3.05) is 11.9 Å². The number of likely N-dealkylation sites (N-methyl/N-ethyl adjacent to an activating group) is 1. The Morgan fingerprint density at radius 3 is 2.24 bits per heavy atom. The number of benzene rings is 2. The molecule has 2 aromatic carbocycles. The minimum Gasteiger partial charge on any atom is -0.336 e. The lowest BCUT2D eigenvalue weighted by molar-refractivity contribution is -0.119. The van der Waals surface area contributed by atoms with Gasteiger partial charge in [0, 0.05) is 7.05 Å². The van der Waals surface area contributed by atoms with E-state index in [0.717, 1.165) is 16.8 Å². The van der Waals surface area contributed by atoms with Crippen LogP contribution in [0.2, 0.25) is 0 Å². The molecule has 4 heteroatoms. The summed E-state index contributed by atoms with van der Waals surface area (Å²) < 4.78 is 0. The third kappa shape index (κ3) is 2.32. The van der Waals surface area contributed by atoms with Crippen LogP contribution in [0, 0.1) is 6.92 Å². The Bertz CT molecular complexity index is 682. The van der Waals surface area contributed by atoms with E-state index in [2.05, 4.69) is 0 Å². The van der Waals surface area contributed by atoms with Crippen molar-refractivity contribution in [1.82, 2.24) is 4.90 Å². The number of nitrogens with zero attached hydrogens (tertiary/aromatic N) is 2. The molecule has 1 amide bonds. The fourth-order valence-corrected chi connectivity index (χ4v) is 2.88. The first-order chi connectivity index (χ1) is 10.1. The smallest absolute Gasteiger partial charge is 0.260 e. The fourth-order valence-electron chi connectivity index (χ4n) is 2.58. The quantitative estimate of drug-likeness (QED) is 0.794. The predicted octanol–water partition coefficient (Wildman–Crippen LogP) is 3.30. The molecule has 1 saturated heterocycles. The standard InChI is InChI=1S/C17H16N2OS/c1-12-8-10-14(11-9-12)19-16(20)15(18(2)17(19)21)13-6-4-3-5-7-13/h3-11,15H,1-2H3. The van der Waals surface area contributed by atoms with E-state index < -0.39 is 0 Å². The van der Waals surface area contributed by atoms with Crippen LogP contribution in [-0.2, 0) is 4.79 Å². The number of aryl methyl sites for hydroxylation is 1. The van der Waals surface area contributed by atoms with Crippen LogP contribution < -0.4 is 4.90 Å². The summed E-state index contributed by atoms with van der Waals surface area (Å²) in [6, 6.07) is 17.2. The van der Waals surface area contributed by atoms with E-state index in [1.807, 2.05) is 73.5 Å². The second-order valence-electron chi connectivity index (χ2n) is 5.22. The van der Waals surface area contributed by atoms with Crippen LogP contribution in [0.4, 0.5) is 5.69 Å². The summed E-state index contributed by atoms with van der Waals surface area (Å²) in [4.78, 5) is 16.3. The first kappa shape index (κ1) is 13.8. The van der Waals surface area contributed by atoms with Gasteiger partial charge in [0.25, 0.3) is 5.91 Å². The van der Waals surface area contributed by atoms with Crippen LogP contribution in [0.25, 0.3) is 0 Å². The molecule has 0 saturated carbocycles. The van der Waals surface area contributed by atoms with E-state index >= 15 is 0 Å². The van der Waals surface area contributed by atoms with Gasteiger partial charge in [-0.05, 0) is 36.8 Å². The lowest BCUT2D eigenvalue weighted by atomic mass is 10.1. The molecule has 0 N–H and O–H groups in total. The molecule has 0 spiro atoms. The summed E-state index contributed by atoms with van der Waals surface area (Å²) >= 11 is 5.46. The van der Waals surface area contributed by atoms with Gasteiger partial charge in [0.05, 0.1) is 5.69 Å². The molecular weight excluding hydrogens is 280 g/mol. The van der Waals surface area contributed by atoms with Gasteiger partial charge in [-0.1, -0.05) is 48.0 Å². The molecule has 106 valence electrons. The number of amides is 1.